The first-order valence-corrected chi connectivity index (χ1v) is 9.00. The number of hydrogen-bond donors (Lipinski definition) is 2. The van der Waals surface area contributed by atoms with Gasteiger partial charge in [-0.25, -0.2) is 0 Å². The van der Waals surface area contributed by atoms with Crippen molar-refractivity contribution in [2.75, 3.05) is 13.2 Å². The largest absolute Gasteiger partial charge is 0.389 e. The molecule has 0 aromatic carbocycles. The predicted octanol–water partition coefficient (Wildman–Crippen LogP) is 3.75. The highest BCUT2D eigenvalue weighted by Gasteiger charge is 2.19. The summed E-state index contributed by atoms with van der Waals surface area (Å²) < 4.78 is 5.85. The monoisotopic (exact) mass is 299 g/mol. The molecule has 0 aromatic rings. The summed E-state index contributed by atoms with van der Waals surface area (Å²) in [7, 11) is 0. The van der Waals surface area contributed by atoms with Crippen molar-refractivity contribution in [3.63, 3.8) is 0 Å². The van der Waals surface area contributed by atoms with Crippen LogP contribution in [0.3, 0.4) is 0 Å². The van der Waals surface area contributed by atoms with Crippen molar-refractivity contribution in [2.24, 2.45) is 11.8 Å². The summed E-state index contributed by atoms with van der Waals surface area (Å²) in [6.07, 6.45) is 8.59. The molecule has 0 saturated heterocycles. The van der Waals surface area contributed by atoms with Crippen LogP contribution in [0.15, 0.2) is 0 Å². The molecule has 0 bridgehead atoms. The van der Waals surface area contributed by atoms with Gasteiger partial charge in [0.1, 0.15) is 0 Å². The Morgan fingerprint density at radius 2 is 1.76 bits per heavy atom. The third kappa shape index (κ3) is 9.49. The zero-order valence-electron chi connectivity index (χ0n) is 14.6. The Balaban J connectivity index is 2.01. The van der Waals surface area contributed by atoms with Gasteiger partial charge in [-0.2, -0.15) is 0 Å². The Morgan fingerprint density at radius 3 is 2.38 bits per heavy atom. The molecule has 0 aromatic heterocycles. The van der Waals surface area contributed by atoms with Gasteiger partial charge in [0.2, 0.25) is 0 Å². The van der Waals surface area contributed by atoms with E-state index >= 15 is 0 Å². The normalized spacial score (nSPS) is 26.0. The van der Waals surface area contributed by atoms with Crippen LogP contribution in [-0.2, 0) is 4.74 Å². The second kappa shape index (κ2) is 10.6. The van der Waals surface area contributed by atoms with E-state index in [0.717, 1.165) is 24.7 Å². The first-order valence-electron chi connectivity index (χ1n) is 9.00. The highest BCUT2D eigenvalue weighted by atomic mass is 16.5. The average Bonchev–Trinajstić information content (AvgIpc) is 2.44. The minimum atomic E-state index is -0.378. The number of aliphatic hydroxyl groups excluding tert-OH is 1. The van der Waals surface area contributed by atoms with Crippen LogP contribution in [0.4, 0.5) is 0 Å². The summed E-state index contributed by atoms with van der Waals surface area (Å²) in [6, 6.07) is 0.480. The number of rotatable bonds is 10. The van der Waals surface area contributed by atoms with E-state index in [1.807, 2.05) is 0 Å². The summed E-state index contributed by atoms with van der Waals surface area (Å²) in [5.41, 5.74) is 0. The molecule has 1 aliphatic rings. The number of aliphatic hydroxyl groups is 1. The maximum absolute atomic E-state index is 10.0. The molecule has 0 spiro atoms. The van der Waals surface area contributed by atoms with Crippen LogP contribution in [0.25, 0.3) is 0 Å². The van der Waals surface area contributed by atoms with E-state index in [9.17, 15) is 5.11 Å². The van der Waals surface area contributed by atoms with Crippen LogP contribution in [0.5, 0.6) is 0 Å². The maximum Gasteiger partial charge on any atom is 0.0897 e. The molecule has 21 heavy (non-hydrogen) atoms. The lowest BCUT2D eigenvalue weighted by Crippen LogP contribution is -2.37. The molecule has 1 saturated carbocycles. The lowest BCUT2D eigenvalue weighted by molar-refractivity contribution is -0.0283. The molecule has 3 heteroatoms. The first kappa shape index (κ1) is 18.9. The highest BCUT2D eigenvalue weighted by Crippen LogP contribution is 2.25. The van der Waals surface area contributed by atoms with Crippen molar-refractivity contribution in [1.82, 2.24) is 5.32 Å². The van der Waals surface area contributed by atoms with E-state index in [2.05, 4.69) is 33.0 Å². The summed E-state index contributed by atoms with van der Waals surface area (Å²) in [6.45, 7) is 10.2. The van der Waals surface area contributed by atoms with E-state index < -0.39 is 0 Å². The van der Waals surface area contributed by atoms with E-state index in [1.165, 1.54) is 32.1 Å². The second-order valence-corrected chi connectivity index (χ2v) is 7.50. The van der Waals surface area contributed by atoms with Crippen molar-refractivity contribution in [3.05, 3.63) is 0 Å². The molecule has 2 atom stereocenters. The van der Waals surface area contributed by atoms with Gasteiger partial charge in [-0.1, -0.05) is 33.6 Å². The van der Waals surface area contributed by atoms with Gasteiger partial charge in [0.25, 0.3) is 0 Å². The van der Waals surface area contributed by atoms with Gasteiger partial charge in [0, 0.05) is 12.6 Å². The van der Waals surface area contributed by atoms with Gasteiger partial charge >= 0.3 is 0 Å². The van der Waals surface area contributed by atoms with Gasteiger partial charge in [-0.3, -0.25) is 0 Å². The van der Waals surface area contributed by atoms with E-state index in [0.29, 0.717) is 25.3 Å². The molecule has 3 nitrogen and oxygen atoms in total. The van der Waals surface area contributed by atoms with Crippen LogP contribution >= 0.6 is 0 Å². The van der Waals surface area contributed by atoms with Crippen molar-refractivity contribution in [1.29, 1.82) is 0 Å². The summed E-state index contributed by atoms with van der Waals surface area (Å²) in [4.78, 5) is 0. The van der Waals surface area contributed by atoms with Crippen LogP contribution in [0, 0.1) is 11.8 Å². The molecule has 0 aliphatic heterocycles. The SMILES string of the molecule is CC(C)CCCC(C)NCC(O)COC1CCC(C)CC1. The molecule has 126 valence electrons. The van der Waals surface area contributed by atoms with Crippen molar-refractivity contribution in [3.8, 4) is 0 Å². The third-order valence-corrected chi connectivity index (χ3v) is 4.61. The van der Waals surface area contributed by atoms with E-state index in [4.69, 9.17) is 4.74 Å². The first-order chi connectivity index (χ1) is 9.97. The molecule has 0 radical (unpaired) electrons. The zero-order chi connectivity index (χ0) is 15.7. The fourth-order valence-electron chi connectivity index (χ4n) is 2.97. The number of ether oxygens (including phenoxy) is 1. The Kier molecular flexibility index (Phi) is 9.54. The minimum absolute atomic E-state index is 0.374. The molecular weight excluding hydrogens is 262 g/mol. The van der Waals surface area contributed by atoms with Crippen molar-refractivity contribution >= 4 is 0 Å². The fraction of sp³-hybridized carbons (Fsp3) is 1.00. The van der Waals surface area contributed by atoms with E-state index in [-0.39, 0.29) is 6.10 Å². The lowest BCUT2D eigenvalue weighted by atomic mass is 9.89. The minimum Gasteiger partial charge on any atom is -0.389 e. The lowest BCUT2D eigenvalue weighted by Gasteiger charge is -2.27. The standard InChI is InChI=1S/C18H37NO2/c1-14(2)6-5-7-16(4)19-12-17(20)13-21-18-10-8-15(3)9-11-18/h14-20H,5-13H2,1-4H3. The fourth-order valence-corrected chi connectivity index (χ4v) is 2.97. The quantitative estimate of drug-likeness (QED) is 0.645. The molecule has 0 heterocycles. The van der Waals surface area contributed by atoms with Crippen LogP contribution < -0.4 is 5.32 Å². The van der Waals surface area contributed by atoms with Gasteiger partial charge in [-0.05, 0) is 50.9 Å². The summed E-state index contributed by atoms with van der Waals surface area (Å²) in [5, 5.41) is 13.4. The Labute approximate surface area is 131 Å². The van der Waals surface area contributed by atoms with Gasteiger partial charge in [-0.15, -0.1) is 0 Å². The second-order valence-electron chi connectivity index (χ2n) is 7.50. The molecule has 1 rings (SSSR count). The average molecular weight is 299 g/mol. The van der Waals surface area contributed by atoms with Gasteiger partial charge in [0.15, 0.2) is 0 Å². The maximum atomic E-state index is 10.0. The van der Waals surface area contributed by atoms with Crippen LogP contribution in [0.2, 0.25) is 0 Å². The number of hydrogen-bond acceptors (Lipinski definition) is 3. The Bertz CT molecular complexity index is 250. The molecule has 2 N–H and O–H groups in total. The van der Waals surface area contributed by atoms with Gasteiger partial charge < -0.3 is 15.2 Å². The molecule has 1 fully saturated rings. The van der Waals surface area contributed by atoms with Crippen molar-refractivity contribution < 1.29 is 9.84 Å². The van der Waals surface area contributed by atoms with Crippen LogP contribution in [0.1, 0.15) is 72.6 Å². The summed E-state index contributed by atoms with van der Waals surface area (Å²) in [5.74, 6) is 1.64. The van der Waals surface area contributed by atoms with E-state index in [1.54, 1.807) is 0 Å². The Morgan fingerprint density at radius 1 is 1.10 bits per heavy atom. The molecular formula is C18H37NO2. The molecule has 1 aliphatic carbocycles. The third-order valence-electron chi connectivity index (χ3n) is 4.61. The Hall–Kier alpha value is -0.120. The number of nitrogens with one attached hydrogen (secondary N) is 1. The highest BCUT2D eigenvalue weighted by molar-refractivity contribution is 4.71. The van der Waals surface area contributed by atoms with Crippen molar-refractivity contribution in [2.45, 2.75) is 90.9 Å². The van der Waals surface area contributed by atoms with Crippen LogP contribution in [-0.4, -0.2) is 36.5 Å². The molecule has 0 amide bonds. The molecule has 2 unspecified atom stereocenters. The smallest absolute Gasteiger partial charge is 0.0897 e. The summed E-state index contributed by atoms with van der Waals surface area (Å²) >= 11 is 0. The zero-order valence-corrected chi connectivity index (χ0v) is 14.6. The topological polar surface area (TPSA) is 41.5 Å². The van der Waals surface area contributed by atoms with Gasteiger partial charge in [0.05, 0.1) is 18.8 Å². The predicted molar refractivity (Wildman–Crippen MR) is 89.5 cm³/mol.